The van der Waals surface area contributed by atoms with Crippen molar-refractivity contribution >= 4 is 52.5 Å². The summed E-state index contributed by atoms with van der Waals surface area (Å²) in [6.45, 7) is 1.85. The average molecular weight is 448 g/mol. The fraction of sp³-hybridized carbons (Fsp3) is 0.0435. The summed E-state index contributed by atoms with van der Waals surface area (Å²) in [7, 11) is 0. The largest absolute Gasteiger partial charge is 0.457 e. The van der Waals surface area contributed by atoms with Crippen molar-refractivity contribution in [1.82, 2.24) is 5.32 Å². The van der Waals surface area contributed by atoms with Gasteiger partial charge < -0.3 is 4.42 Å². The number of carbonyl (C=O) groups excluding carboxylic acids is 2. The van der Waals surface area contributed by atoms with Gasteiger partial charge in [-0.1, -0.05) is 17.7 Å². The number of furan rings is 1. The molecule has 1 N–H and O–H groups in total. The molecule has 8 heteroatoms. The molecule has 152 valence electrons. The topological polar surface area (TPSA) is 86.3 Å². The molecule has 6 nitrogen and oxygen atoms in total. The van der Waals surface area contributed by atoms with Crippen molar-refractivity contribution in [3.8, 4) is 17.4 Å². The van der Waals surface area contributed by atoms with E-state index in [2.05, 4.69) is 11.4 Å². The van der Waals surface area contributed by atoms with Crippen LogP contribution in [0.1, 0.15) is 16.9 Å². The molecule has 1 aliphatic rings. The molecule has 2 aromatic carbocycles. The summed E-state index contributed by atoms with van der Waals surface area (Å²) >= 11 is 11.4. The number of nitrogens with zero attached hydrogens (tertiary/aromatic N) is 2. The standard InChI is InChI=1S/C23H14ClN3O3S/c1-13-2-7-16(10-19(13)24)27-22(29)18(21(28)26-23(27)31)11-17-8-9-20(30-17)15-5-3-14(12-25)4-6-15/h2-11H,1H3,(H,26,28,31)/b18-11+. The Labute approximate surface area is 188 Å². The lowest BCUT2D eigenvalue weighted by atomic mass is 10.1. The number of amides is 2. The maximum absolute atomic E-state index is 13.1. The van der Waals surface area contributed by atoms with Crippen molar-refractivity contribution in [3.05, 3.63) is 82.1 Å². The summed E-state index contributed by atoms with van der Waals surface area (Å²) in [6.07, 6.45) is 1.37. The first-order valence-electron chi connectivity index (χ1n) is 9.15. The first-order valence-corrected chi connectivity index (χ1v) is 9.94. The predicted molar refractivity (Wildman–Crippen MR) is 121 cm³/mol. The highest BCUT2D eigenvalue weighted by Crippen LogP contribution is 2.28. The van der Waals surface area contributed by atoms with E-state index in [9.17, 15) is 9.59 Å². The number of hydrogen-bond acceptors (Lipinski definition) is 5. The van der Waals surface area contributed by atoms with Crippen LogP contribution in [0.25, 0.3) is 17.4 Å². The molecule has 1 aliphatic heterocycles. The van der Waals surface area contributed by atoms with Gasteiger partial charge in [-0.2, -0.15) is 5.26 Å². The Morgan fingerprint density at radius 2 is 1.87 bits per heavy atom. The minimum absolute atomic E-state index is 0.0233. The number of nitrogens with one attached hydrogen (secondary N) is 1. The molecule has 1 saturated heterocycles. The minimum Gasteiger partial charge on any atom is -0.457 e. The van der Waals surface area contributed by atoms with E-state index in [0.717, 1.165) is 11.1 Å². The van der Waals surface area contributed by atoms with E-state index in [1.807, 2.05) is 6.92 Å². The van der Waals surface area contributed by atoms with Gasteiger partial charge >= 0.3 is 0 Å². The zero-order valence-electron chi connectivity index (χ0n) is 16.2. The van der Waals surface area contributed by atoms with Crippen molar-refractivity contribution in [3.63, 3.8) is 0 Å². The van der Waals surface area contributed by atoms with Crippen molar-refractivity contribution in [2.24, 2.45) is 0 Å². The Balaban J connectivity index is 1.66. The third kappa shape index (κ3) is 3.99. The number of carbonyl (C=O) groups is 2. The summed E-state index contributed by atoms with van der Waals surface area (Å²) < 4.78 is 5.78. The molecular formula is C23H14ClN3O3S. The Kier molecular flexibility index (Phi) is 5.42. The van der Waals surface area contributed by atoms with Gasteiger partial charge in [0.2, 0.25) is 0 Å². The molecule has 0 aliphatic carbocycles. The summed E-state index contributed by atoms with van der Waals surface area (Å²) in [5.74, 6) is -0.323. The number of thiocarbonyl (C=S) groups is 1. The number of aryl methyl sites for hydroxylation is 1. The second-order valence-electron chi connectivity index (χ2n) is 6.78. The molecule has 0 spiro atoms. The normalized spacial score (nSPS) is 15.2. The zero-order chi connectivity index (χ0) is 22.1. The maximum atomic E-state index is 13.1. The van der Waals surface area contributed by atoms with E-state index in [0.29, 0.717) is 27.8 Å². The smallest absolute Gasteiger partial charge is 0.270 e. The minimum atomic E-state index is -0.610. The molecular weight excluding hydrogens is 434 g/mol. The monoisotopic (exact) mass is 447 g/mol. The molecule has 0 atom stereocenters. The van der Waals surface area contributed by atoms with Gasteiger partial charge in [0.05, 0.1) is 17.3 Å². The lowest BCUT2D eigenvalue weighted by molar-refractivity contribution is -0.122. The Morgan fingerprint density at radius 3 is 2.55 bits per heavy atom. The maximum Gasteiger partial charge on any atom is 0.270 e. The number of rotatable bonds is 3. The highest BCUT2D eigenvalue weighted by Gasteiger charge is 2.35. The lowest BCUT2D eigenvalue weighted by Gasteiger charge is -2.29. The number of anilines is 1. The van der Waals surface area contributed by atoms with Crippen LogP contribution in [0.15, 0.2) is 64.6 Å². The molecule has 1 fully saturated rings. The molecule has 0 bridgehead atoms. The third-order valence-corrected chi connectivity index (χ3v) is 5.42. The first-order chi connectivity index (χ1) is 14.9. The second-order valence-corrected chi connectivity index (χ2v) is 7.58. The molecule has 3 aromatic rings. The van der Waals surface area contributed by atoms with Crippen molar-refractivity contribution in [1.29, 1.82) is 5.26 Å². The highest BCUT2D eigenvalue weighted by molar-refractivity contribution is 7.80. The van der Waals surface area contributed by atoms with Gasteiger partial charge in [-0.25, -0.2) is 0 Å². The van der Waals surface area contributed by atoms with Gasteiger partial charge in [-0.3, -0.25) is 19.8 Å². The van der Waals surface area contributed by atoms with Crippen LogP contribution in [0.5, 0.6) is 0 Å². The zero-order valence-corrected chi connectivity index (χ0v) is 17.8. The number of benzene rings is 2. The van der Waals surface area contributed by atoms with Gasteiger partial charge in [-0.15, -0.1) is 0 Å². The van der Waals surface area contributed by atoms with Crippen LogP contribution in [0.2, 0.25) is 5.02 Å². The Morgan fingerprint density at radius 1 is 1.13 bits per heavy atom. The van der Waals surface area contributed by atoms with Crippen LogP contribution in [-0.2, 0) is 9.59 Å². The van der Waals surface area contributed by atoms with E-state index >= 15 is 0 Å². The number of hydrogen-bond donors (Lipinski definition) is 1. The molecule has 4 rings (SSSR count). The quantitative estimate of drug-likeness (QED) is 0.360. The lowest BCUT2D eigenvalue weighted by Crippen LogP contribution is -2.54. The molecule has 0 radical (unpaired) electrons. The second kappa shape index (κ2) is 8.19. The molecule has 2 amide bonds. The summed E-state index contributed by atoms with van der Waals surface area (Å²) in [5.41, 5.74) is 2.49. The molecule has 0 saturated carbocycles. The molecule has 2 heterocycles. The van der Waals surface area contributed by atoms with E-state index in [1.54, 1.807) is 54.6 Å². The summed E-state index contributed by atoms with van der Waals surface area (Å²) in [6, 6.07) is 17.4. The first kappa shape index (κ1) is 20.5. The Bertz CT molecular complexity index is 1300. The van der Waals surface area contributed by atoms with E-state index < -0.39 is 11.8 Å². The number of nitriles is 1. The van der Waals surface area contributed by atoms with Gasteiger partial charge in [0.15, 0.2) is 5.11 Å². The van der Waals surface area contributed by atoms with Crippen LogP contribution in [0.3, 0.4) is 0 Å². The fourth-order valence-corrected chi connectivity index (χ4v) is 3.51. The SMILES string of the molecule is Cc1ccc(N2C(=O)/C(=C/c3ccc(-c4ccc(C#N)cc4)o3)C(=O)NC2=S)cc1Cl. The van der Waals surface area contributed by atoms with Crippen LogP contribution in [-0.4, -0.2) is 16.9 Å². The molecule has 31 heavy (non-hydrogen) atoms. The third-order valence-electron chi connectivity index (χ3n) is 4.73. The van der Waals surface area contributed by atoms with Crippen LogP contribution >= 0.6 is 23.8 Å². The molecule has 1 aromatic heterocycles. The Hall–Kier alpha value is -3.73. The van der Waals surface area contributed by atoms with Crippen LogP contribution < -0.4 is 10.2 Å². The summed E-state index contributed by atoms with van der Waals surface area (Å²) in [4.78, 5) is 26.8. The predicted octanol–water partition coefficient (Wildman–Crippen LogP) is 4.61. The van der Waals surface area contributed by atoms with Gasteiger partial charge in [-0.05, 0) is 79.3 Å². The molecule has 0 unspecified atom stereocenters. The fourth-order valence-electron chi connectivity index (χ4n) is 3.05. The van der Waals surface area contributed by atoms with Gasteiger partial charge in [0.1, 0.15) is 17.1 Å². The van der Waals surface area contributed by atoms with Crippen molar-refractivity contribution in [2.75, 3.05) is 4.90 Å². The van der Waals surface area contributed by atoms with Crippen LogP contribution in [0.4, 0.5) is 5.69 Å². The van der Waals surface area contributed by atoms with E-state index in [-0.39, 0.29) is 10.7 Å². The number of halogens is 1. The van der Waals surface area contributed by atoms with Gasteiger partial charge in [0, 0.05) is 10.6 Å². The van der Waals surface area contributed by atoms with Crippen molar-refractivity contribution < 1.29 is 14.0 Å². The van der Waals surface area contributed by atoms with Crippen LogP contribution in [0, 0.1) is 18.3 Å². The van der Waals surface area contributed by atoms with E-state index in [1.165, 1.54) is 11.0 Å². The average Bonchev–Trinajstić information content (AvgIpc) is 3.22. The van der Waals surface area contributed by atoms with E-state index in [4.69, 9.17) is 33.5 Å². The van der Waals surface area contributed by atoms with Gasteiger partial charge in [0.25, 0.3) is 11.8 Å². The highest BCUT2D eigenvalue weighted by atomic mass is 35.5. The summed E-state index contributed by atoms with van der Waals surface area (Å²) in [5, 5.41) is 11.9. The van der Waals surface area contributed by atoms with Crippen molar-refractivity contribution in [2.45, 2.75) is 6.92 Å².